The van der Waals surface area contributed by atoms with Crippen LogP contribution in [0.4, 0.5) is 0 Å². The molecule has 0 saturated heterocycles. The summed E-state index contributed by atoms with van der Waals surface area (Å²) in [6.45, 7) is 5.17. The van der Waals surface area contributed by atoms with Gasteiger partial charge in [-0.25, -0.2) is 9.59 Å². The monoisotopic (exact) mass is 384 g/mol. The maximum absolute atomic E-state index is 11.9. The Morgan fingerprint density at radius 1 is 0.714 bits per heavy atom. The molecule has 0 aromatic heterocycles. The minimum atomic E-state index is -0.322. The molecule has 2 aromatic carbocycles. The number of ether oxygens (including phenoxy) is 3. The molecule has 0 aliphatic rings. The molecule has 5 nitrogen and oxygen atoms in total. The second-order valence-corrected chi connectivity index (χ2v) is 6.51. The van der Waals surface area contributed by atoms with Gasteiger partial charge in [-0.15, -0.1) is 0 Å². The average Bonchev–Trinajstić information content (AvgIpc) is 2.71. The highest BCUT2D eigenvalue weighted by molar-refractivity contribution is 5.89. The number of hydrogen-bond donors (Lipinski definition) is 0. The lowest BCUT2D eigenvalue weighted by molar-refractivity contribution is 0.0494. The molecule has 2 aromatic rings. The van der Waals surface area contributed by atoms with Crippen molar-refractivity contribution in [2.24, 2.45) is 0 Å². The van der Waals surface area contributed by atoms with Crippen LogP contribution < -0.4 is 4.74 Å². The van der Waals surface area contributed by atoms with Gasteiger partial charge in [0.1, 0.15) is 5.75 Å². The Morgan fingerprint density at radius 2 is 1.25 bits per heavy atom. The van der Waals surface area contributed by atoms with Gasteiger partial charge in [0.25, 0.3) is 0 Å². The molecule has 0 heterocycles. The summed E-state index contributed by atoms with van der Waals surface area (Å²) in [7, 11) is 0. The highest BCUT2D eigenvalue weighted by Crippen LogP contribution is 2.14. The smallest absolute Gasteiger partial charge is 0.338 e. The van der Waals surface area contributed by atoms with E-state index >= 15 is 0 Å². The predicted octanol–water partition coefficient (Wildman–Crippen LogP) is 4.97. The number of esters is 2. The maximum Gasteiger partial charge on any atom is 0.338 e. The molecule has 5 heteroatoms. The van der Waals surface area contributed by atoms with E-state index in [1.807, 2.05) is 19.1 Å². The molecule has 0 fully saturated rings. The van der Waals surface area contributed by atoms with Gasteiger partial charge in [-0.3, -0.25) is 0 Å². The first-order valence-corrected chi connectivity index (χ1v) is 9.74. The van der Waals surface area contributed by atoms with Crippen molar-refractivity contribution in [3.8, 4) is 5.75 Å². The lowest BCUT2D eigenvalue weighted by atomic mass is 10.1. The average molecular weight is 384 g/mol. The number of carbonyl (C=O) groups excluding carboxylic acids is 2. The van der Waals surface area contributed by atoms with E-state index in [0.717, 1.165) is 37.0 Å². The van der Waals surface area contributed by atoms with E-state index < -0.39 is 0 Å². The second kappa shape index (κ2) is 11.8. The van der Waals surface area contributed by atoms with Crippen LogP contribution in [0.25, 0.3) is 0 Å². The zero-order valence-corrected chi connectivity index (χ0v) is 16.6. The van der Waals surface area contributed by atoms with E-state index in [1.165, 1.54) is 0 Å². The van der Waals surface area contributed by atoms with Crippen molar-refractivity contribution in [1.82, 2.24) is 0 Å². The molecule has 0 saturated carbocycles. The highest BCUT2D eigenvalue weighted by atomic mass is 16.5. The van der Waals surface area contributed by atoms with Crippen molar-refractivity contribution in [3.63, 3.8) is 0 Å². The highest BCUT2D eigenvalue weighted by Gasteiger charge is 2.07. The summed E-state index contributed by atoms with van der Waals surface area (Å²) in [4.78, 5) is 23.5. The number of carbonyl (C=O) groups is 2. The van der Waals surface area contributed by atoms with Crippen LogP contribution in [0, 0.1) is 6.92 Å². The summed E-state index contributed by atoms with van der Waals surface area (Å²) < 4.78 is 15.9. The number of rotatable bonds is 11. The topological polar surface area (TPSA) is 61.8 Å². The lowest BCUT2D eigenvalue weighted by Crippen LogP contribution is -2.06. The van der Waals surface area contributed by atoms with Crippen molar-refractivity contribution in [1.29, 1.82) is 0 Å². The Bertz CT molecular complexity index is 735. The Kier molecular flexibility index (Phi) is 9.05. The first-order valence-electron chi connectivity index (χ1n) is 9.74. The van der Waals surface area contributed by atoms with Crippen LogP contribution in [-0.4, -0.2) is 31.8 Å². The molecule has 0 atom stereocenters. The van der Waals surface area contributed by atoms with Crippen LogP contribution in [0.2, 0.25) is 0 Å². The molecule has 2 rings (SSSR count). The summed E-state index contributed by atoms with van der Waals surface area (Å²) in [5.74, 6) is 0.145. The molecule has 28 heavy (non-hydrogen) atoms. The summed E-state index contributed by atoms with van der Waals surface area (Å²) in [6.07, 6.45) is 3.74. The summed E-state index contributed by atoms with van der Waals surface area (Å²) in [5, 5.41) is 0. The van der Waals surface area contributed by atoms with Crippen LogP contribution in [-0.2, 0) is 9.47 Å². The molecule has 0 N–H and O–H groups in total. The Morgan fingerprint density at radius 3 is 1.86 bits per heavy atom. The molecule has 150 valence electrons. The maximum atomic E-state index is 11.9. The first kappa shape index (κ1) is 21.5. The molecular formula is C23H28O5. The molecule has 0 amide bonds. The number of hydrogen-bond acceptors (Lipinski definition) is 5. The standard InChI is InChI=1S/C23H28O5/c1-3-26-22(24)20-12-14-21(15-13-20)27-16-6-4-5-7-17-28-23(25)19-10-8-18(2)9-11-19/h8-15H,3-7,16-17H2,1-2H3. The molecule has 0 bridgehead atoms. The van der Waals surface area contributed by atoms with Crippen LogP contribution in [0.15, 0.2) is 48.5 Å². The van der Waals surface area contributed by atoms with Crippen molar-refractivity contribution < 1.29 is 23.8 Å². The van der Waals surface area contributed by atoms with Gasteiger partial charge in [0.15, 0.2) is 0 Å². The van der Waals surface area contributed by atoms with Gasteiger partial charge in [-0.2, -0.15) is 0 Å². The number of aryl methyl sites for hydroxylation is 1. The van der Waals surface area contributed by atoms with E-state index in [4.69, 9.17) is 14.2 Å². The Hall–Kier alpha value is -2.82. The van der Waals surface area contributed by atoms with Gasteiger partial charge in [-0.1, -0.05) is 17.7 Å². The zero-order valence-electron chi connectivity index (χ0n) is 16.6. The van der Waals surface area contributed by atoms with E-state index in [0.29, 0.717) is 30.9 Å². The number of unbranched alkanes of at least 4 members (excludes halogenated alkanes) is 3. The number of benzene rings is 2. The predicted molar refractivity (Wildman–Crippen MR) is 108 cm³/mol. The lowest BCUT2D eigenvalue weighted by Gasteiger charge is -2.08. The van der Waals surface area contributed by atoms with Crippen molar-refractivity contribution in [3.05, 3.63) is 65.2 Å². The van der Waals surface area contributed by atoms with Gasteiger partial charge >= 0.3 is 11.9 Å². The van der Waals surface area contributed by atoms with E-state index in [2.05, 4.69) is 0 Å². The second-order valence-electron chi connectivity index (χ2n) is 6.51. The van der Waals surface area contributed by atoms with Crippen molar-refractivity contribution in [2.45, 2.75) is 39.5 Å². The Labute approximate surface area is 166 Å². The summed E-state index contributed by atoms with van der Waals surface area (Å²) >= 11 is 0. The zero-order chi connectivity index (χ0) is 20.2. The van der Waals surface area contributed by atoms with E-state index in [1.54, 1.807) is 43.3 Å². The van der Waals surface area contributed by atoms with Crippen LogP contribution in [0.3, 0.4) is 0 Å². The fourth-order valence-corrected chi connectivity index (χ4v) is 2.59. The quantitative estimate of drug-likeness (QED) is 0.404. The third-order valence-corrected chi connectivity index (χ3v) is 4.19. The SMILES string of the molecule is CCOC(=O)c1ccc(OCCCCCCOC(=O)c2ccc(C)cc2)cc1. The molecule has 0 aliphatic heterocycles. The molecule has 0 aliphatic carbocycles. The fourth-order valence-electron chi connectivity index (χ4n) is 2.59. The summed E-state index contributed by atoms with van der Waals surface area (Å²) in [6, 6.07) is 14.3. The Balaban J connectivity index is 1.53. The molecular weight excluding hydrogens is 356 g/mol. The van der Waals surface area contributed by atoms with E-state index in [9.17, 15) is 9.59 Å². The largest absolute Gasteiger partial charge is 0.494 e. The fraction of sp³-hybridized carbons (Fsp3) is 0.391. The third-order valence-electron chi connectivity index (χ3n) is 4.19. The van der Waals surface area contributed by atoms with Gasteiger partial charge in [0.05, 0.1) is 30.9 Å². The van der Waals surface area contributed by atoms with Gasteiger partial charge < -0.3 is 14.2 Å². The minimum absolute atomic E-state index is 0.269. The minimum Gasteiger partial charge on any atom is -0.494 e. The normalized spacial score (nSPS) is 10.4. The third kappa shape index (κ3) is 7.43. The van der Waals surface area contributed by atoms with E-state index in [-0.39, 0.29) is 11.9 Å². The van der Waals surface area contributed by atoms with Crippen molar-refractivity contribution in [2.75, 3.05) is 19.8 Å². The van der Waals surface area contributed by atoms with Gasteiger partial charge in [0, 0.05) is 0 Å². The molecule has 0 unspecified atom stereocenters. The van der Waals surface area contributed by atoms with Crippen LogP contribution >= 0.6 is 0 Å². The molecule has 0 radical (unpaired) electrons. The first-order chi connectivity index (χ1) is 13.6. The summed E-state index contributed by atoms with van der Waals surface area (Å²) in [5.41, 5.74) is 2.23. The van der Waals surface area contributed by atoms with Crippen molar-refractivity contribution >= 4 is 11.9 Å². The molecule has 0 spiro atoms. The van der Waals surface area contributed by atoms with Crippen LogP contribution in [0.5, 0.6) is 5.75 Å². The van der Waals surface area contributed by atoms with Gasteiger partial charge in [0.2, 0.25) is 0 Å². The van der Waals surface area contributed by atoms with Gasteiger partial charge in [-0.05, 0) is 75.9 Å². The van der Waals surface area contributed by atoms with Crippen LogP contribution in [0.1, 0.15) is 58.9 Å².